The number of anilines is 3. The third-order valence-corrected chi connectivity index (χ3v) is 5.46. The summed E-state index contributed by atoms with van der Waals surface area (Å²) in [6.07, 6.45) is 0. The average molecular weight is 388 g/mol. The lowest BCUT2D eigenvalue weighted by Crippen LogP contribution is -2.45. The normalized spacial score (nSPS) is 14.8. The van der Waals surface area contributed by atoms with Crippen molar-refractivity contribution in [2.45, 2.75) is 13.8 Å². The van der Waals surface area contributed by atoms with Crippen LogP contribution in [-0.4, -0.2) is 54.6 Å². The Morgan fingerprint density at radius 3 is 2.34 bits per heavy atom. The van der Waals surface area contributed by atoms with Crippen molar-refractivity contribution in [2.24, 2.45) is 0 Å². The largest absolute Gasteiger partial charge is 0.338 e. The van der Waals surface area contributed by atoms with Gasteiger partial charge in [-0.15, -0.1) is 0 Å². The molecule has 0 aliphatic carbocycles. The topological polar surface area (TPSA) is 35.5 Å². The lowest BCUT2D eigenvalue weighted by atomic mass is 10.1. The highest BCUT2D eigenvalue weighted by Crippen LogP contribution is 2.30. The predicted octanol–water partition coefficient (Wildman–Crippen LogP) is 4.36. The van der Waals surface area contributed by atoms with Gasteiger partial charge in [-0.25, -0.2) is 4.98 Å². The van der Waals surface area contributed by atoms with Crippen LogP contribution in [0.5, 0.6) is 0 Å². The Balaban J connectivity index is 1.78. The molecule has 1 saturated heterocycles. The first-order valence-corrected chi connectivity index (χ1v) is 10.4. The van der Waals surface area contributed by atoms with E-state index in [0.29, 0.717) is 0 Å². The molecule has 0 atom stereocenters. The summed E-state index contributed by atoms with van der Waals surface area (Å²) in [4.78, 5) is 16.9. The van der Waals surface area contributed by atoms with Gasteiger partial charge < -0.3 is 14.7 Å². The molecule has 1 aliphatic rings. The van der Waals surface area contributed by atoms with E-state index in [2.05, 4.69) is 90.2 Å². The molecule has 1 aromatic heterocycles. The van der Waals surface area contributed by atoms with E-state index >= 15 is 0 Å². The standard InChI is InChI=1S/C24H29N5/c1-4-29(21-12-8-9-19(2)17-21)23-18-22(20-10-6-5-7-11-20)25-24(26-23)28-15-13-27(3)14-16-28/h5-12,17-18H,4,13-16H2,1-3H3. The van der Waals surface area contributed by atoms with Crippen LogP contribution in [0, 0.1) is 6.92 Å². The Kier molecular flexibility index (Phi) is 5.76. The third-order valence-electron chi connectivity index (χ3n) is 5.46. The Morgan fingerprint density at radius 2 is 1.66 bits per heavy atom. The van der Waals surface area contributed by atoms with E-state index in [0.717, 1.165) is 61.4 Å². The Bertz CT molecular complexity index is 948. The quantitative estimate of drug-likeness (QED) is 0.650. The number of piperazine rings is 1. The zero-order valence-corrected chi connectivity index (χ0v) is 17.5. The van der Waals surface area contributed by atoms with Crippen LogP contribution in [0.15, 0.2) is 60.7 Å². The SMILES string of the molecule is CCN(c1cccc(C)c1)c1cc(-c2ccccc2)nc(N2CCN(C)CC2)n1. The predicted molar refractivity (Wildman–Crippen MR) is 121 cm³/mol. The van der Waals surface area contributed by atoms with Crippen molar-refractivity contribution < 1.29 is 0 Å². The summed E-state index contributed by atoms with van der Waals surface area (Å²) in [6.45, 7) is 9.10. The maximum absolute atomic E-state index is 5.01. The lowest BCUT2D eigenvalue weighted by Gasteiger charge is -2.33. The minimum Gasteiger partial charge on any atom is -0.338 e. The van der Waals surface area contributed by atoms with E-state index in [1.807, 2.05) is 6.07 Å². The average Bonchev–Trinajstić information content (AvgIpc) is 2.75. The number of benzene rings is 2. The molecule has 2 heterocycles. The van der Waals surface area contributed by atoms with Crippen LogP contribution in [0.3, 0.4) is 0 Å². The first kappa shape index (κ1) is 19.4. The molecule has 2 aromatic carbocycles. The maximum atomic E-state index is 5.01. The van der Waals surface area contributed by atoms with E-state index in [-0.39, 0.29) is 0 Å². The van der Waals surface area contributed by atoms with E-state index in [4.69, 9.17) is 9.97 Å². The molecule has 150 valence electrons. The van der Waals surface area contributed by atoms with Crippen molar-refractivity contribution in [3.8, 4) is 11.3 Å². The third kappa shape index (κ3) is 4.40. The first-order valence-electron chi connectivity index (χ1n) is 10.4. The van der Waals surface area contributed by atoms with Crippen molar-refractivity contribution >= 4 is 17.5 Å². The highest BCUT2D eigenvalue weighted by molar-refractivity contribution is 5.69. The van der Waals surface area contributed by atoms with Crippen LogP contribution < -0.4 is 9.80 Å². The van der Waals surface area contributed by atoms with Crippen LogP contribution in [0.2, 0.25) is 0 Å². The molecule has 4 rings (SSSR count). The molecular weight excluding hydrogens is 358 g/mol. The summed E-state index contributed by atoms with van der Waals surface area (Å²) in [5.74, 6) is 1.77. The molecule has 0 radical (unpaired) electrons. The Labute approximate surface area is 173 Å². The fourth-order valence-electron chi connectivity index (χ4n) is 3.74. The molecule has 1 fully saturated rings. The van der Waals surface area contributed by atoms with Crippen molar-refractivity contribution in [1.29, 1.82) is 0 Å². The zero-order chi connectivity index (χ0) is 20.2. The van der Waals surface area contributed by atoms with E-state index in [1.54, 1.807) is 0 Å². The second-order valence-electron chi connectivity index (χ2n) is 7.65. The summed E-state index contributed by atoms with van der Waals surface area (Å²) in [5.41, 5.74) is 4.49. The fraction of sp³-hybridized carbons (Fsp3) is 0.333. The Morgan fingerprint density at radius 1 is 0.897 bits per heavy atom. The van der Waals surface area contributed by atoms with Gasteiger partial charge in [0, 0.05) is 50.0 Å². The summed E-state index contributed by atoms with van der Waals surface area (Å²) in [7, 11) is 2.17. The number of nitrogens with zero attached hydrogens (tertiary/aromatic N) is 5. The summed E-state index contributed by atoms with van der Waals surface area (Å²) in [5, 5.41) is 0. The molecule has 5 heteroatoms. The van der Waals surface area contributed by atoms with Gasteiger partial charge in [-0.3, -0.25) is 0 Å². The lowest BCUT2D eigenvalue weighted by molar-refractivity contribution is 0.311. The monoisotopic (exact) mass is 387 g/mol. The molecule has 1 aliphatic heterocycles. The molecule has 29 heavy (non-hydrogen) atoms. The van der Waals surface area contributed by atoms with Crippen LogP contribution >= 0.6 is 0 Å². The van der Waals surface area contributed by atoms with Gasteiger partial charge in [0.1, 0.15) is 5.82 Å². The van der Waals surface area contributed by atoms with Crippen molar-refractivity contribution in [1.82, 2.24) is 14.9 Å². The van der Waals surface area contributed by atoms with Gasteiger partial charge in [-0.1, -0.05) is 42.5 Å². The number of hydrogen-bond donors (Lipinski definition) is 0. The van der Waals surface area contributed by atoms with Gasteiger partial charge in [0.05, 0.1) is 5.69 Å². The van der Waals surface area contributed by atoms with Crippen LogP contribution in [0.1, 0.15) is 12.5 Å². The minimum absolute atomic E-state index is 0.820. The van der Waals surface area contributed by atoms with Gasteiger partial charge in [0.15, 0.2) is 0 Å². The fourth-order valence-corrected chi connectivity index (χ4v) is 3.74. The highest BCUT2D eigenvalue weighted by Gasteiger charge is 2.20. The second-order valence-corrected chi connectivity index (χ2v) is 7.65. The van der Waals surface area contributed by atoms with Gasteiger partial charge in [0.2, 0.25) is 5.95 Å². The van der Waals surface area contributed by atoms with Gasteiger partial charge in [-0.2, -0.15) is 4.98 Å². The number of aryl methyl sites for hydroxylation is 1. The molecule has 0 N–H and O–H groups in total. The first-order chi connectivity index (χ1) is 14.1. The van der Waals surface area contributed by atoms with Crippen LogP contribution in [-0.2, 0) is 0 Å². The van der Waals surface area contributed by atoms with Crippen molar-refractivity contribution in [3.63, 3.8) is 0 Å². The molecule has 0 saturated carbocycles. The highest BCUT2D eigenvalue weighted by atomic mass is 15.3. The number of hydrogen-bond acceptors (Lipinski definition) is 5. The second kappa shape index (κ2) is 8.62. The molecule has 0 bridgehead atoms. The van der Waals surface area contributed by atoms with E-state index in [1.165, 1.54) is 5.56 Å². The van der Waals surface area contributed by atoms with E-state index < -0.39 is 0 Å². The molecule has 0 spiro atoms. The van der Waals surface area contributed by atoms with Gasteiger partial charge in [-0.05, 0) is 38.6 Å². The number of rotatable bonds is 5. The molecular formula is C24H29N5. The van der Waals surface area contributed by atoms with Crippen molar-refractivity contribution in [3.05, 3.63) is 66.2 Å². The molecule has 0 amide bonds. The van der Waals surface area contributed by atoms with Gasteiger partial charge in [0.25, 0.3) is 0 Å². The van der Waals surface area contributed by atoms with Gasteiger partial charge >= 0.3 is 0 Å². The number of aromatic nitrogens is 2. The zero-order valence-electron chi connectivity index (χ0n) is 17.5. The Hall–Kier alpha value is -2.92. The molecule has 3 aromatic rings. The summed E-state index contributed by atoms with van der Waals surface area (Å²) in [6, 6.07) is 21.1. The van der Waals surface area contributed by atoms with Crippen LogP contribution in [0.4, 0.5) is 17.5 Å². The molecule has 5 nitrogen and oxygen atoms in total. The van der Waals surface area contributed by atoms with Crippen LogP contribution in [0.25, 0.3) is 11.3 Å². The summed E-state index contributed by atoms with van der Waals surface area (Å²) < 4.78 is 0. The summed E-state index contributed by atoms with van der Waals surface area (Å²) >= 11 is 0. The van der Waals surface area contributed by atoms with Crippen molar-refractivity contribution in [2.75, 3.05) is 49.6 Å². The number of likely N-dealkylation sites (N-methyl/N-ethyl adjacent to an activating group) is 1. The molecule has 0 unspecified atom stereocenters. The maximum Gasteiger partial charge on any atom is 0.227 e. The smallest absolute Gasteiger partial charge is 0.227 e. The minimum atomic E-state index is 0.820. The van der Waals surface area contributed by atoms with E-state index in [9.17, 15) is 0 Å².